The van der Waals surface area contributed by atoms with Crippen molar-refractivity contribution in [2.75, 3.05) is 0 Å². The van der Waals surface area contributed by atoms with Gasteiger partial charge < -0.3 is 9.67 Å². The molecule has 13 heavy (non-hydrogen) atoms. The molecule has 0 spiro atoms. The first-order chi connectivity index (χ1) is 6.11. The predicted octanol–water partition coefficient (Wildman–Crippen LogP) is 1.02. The number of halogens is 1. The summed E-state index contributed by atoms with van der Waals surface area (Å²) in [5.41, 5.74) is 0.157. The molecule has 0 aliphatic heterocycles. The number of hydrogen-bond donors (Lipinski definition) is 1. The zero-order valence-electron chi connectivity index (χ0n) is 6.73. The van der Waals surface area contributed by atoms with E-state index in [-0.39, 0.29) is 5.69 Å². The van der Waals surface area contributed by atoms with Crippen molar-refractivity contribution < 1.29 is 9.90 Å². The van der Waals surface area contributed by atoms with Gasteiger partial charge in [0, 0.05) is 13.2 Å². The van der Waals surface area contributed by atoms with Gasteiger partial charge in [-0.25, -0.2) is 9.78 Å². The molecule has 0 amide bonds. The van der Waals surface area contributed by atoms with E-state index in [0.717, 1.165) is 0 Å². The van der Waals surface area contributed by atoms with Crippen molar-refractivity contribution in [3.8, 4) is 0 Å². The summed E-state index contributed by atoms with van der Waals surface area (Å²) in [5, 5.41) is 9.17. The van der Waals surface area contributed by atoms with E-state index in [4.69, 9.17) is 16.7 Å². The second-order valence-corrected chi connectivity index (χ2v) is 3.02. The van der Waals surface area contributed by atoms with Crippen molar-refractivity contribution >= 4 is 23.3 Å². The zero-order chi connectivity index (χ0) is 9.59. The highest BCUT2D eigenvalue weighted by molar-refractivity contribution is 6.29. The third-order valence-corrected chi connectivity index (χ3v) is 2.14. The number of hydrogen-bond acceptors (Lipinski definition) is 2. The Bertz CT molecular complexity index is 485. The SMILES string of the molecule is Cn1c(C(=O)O)cn2c(Cl)cnc12. The second kappa shape index (κ2) is 2.50. The van der Waals surface area contributed by atoms with Gasteiger partial charge >= 0.3 is 5.97 Å². The molecule has 0 unspecified atom stereocenters. The number of carboxylic acids is 1. The van der Waals surface area contributed by atoms with E-state index < -0.39 is 5.97 Å². The second-order valence-electron chi connectivity index (χ2n) is 2.63. The van der Waals surface area contributed by atoms with Gasteiger partial charge in [-0.15, -0.1) is 0 Å². The summed E-state index contributed by atoms with van der Waals surface area (Å²) >= 11 is 5.76. The molecule has 68 valence electrons. The lowest BCUT2D eigenvalue weighted by molar-refractivity contribution is 0.0687. The fourth-order valence-electron chi connectivity index (χ4n) is 1.21. The average Bonchev–Trinajstić information content (AvgIpc) is 2.55. The van der Waals surface area contributed by atoms with Crippen LogP contribution in [-0.2, 0) is 7.05 Å². The number of imidazole rings is 2. The number of aromatic nitrogens is 3. The smallest absolute Gasteiger partial charge is 0.354 e. The Kier molecular flexibility index (Phi) is 1.56. The third kappa shape index (κ3) is 1.01. The van der Waals surface area contributed by atoms with Crippen molar-refractivity contribution in [1.29, 1.82) is 0 Å². The maximum Gasteiger partial charge on any atom is 0.354 e. The van der Waals surface area contributed by atoms with Crippen LogP contribution in [0.3, 0.4) is 0 Å². The minimum absolute atomic E-state index is 0.157. The maximum absolute atomic E-state index is 10.7. The first-order valence-electron chi connectivity index (χ1n) is 3.53. The summed E-state index contributed by atoms with van der Waals surface area (Å²) in [6.45, 7) is 0. The molecule has 0 atom stereocenters. The van der Waals surface area contributed by atoms with Crippen LogP contribution in [0.15, 0.2) is 12.4 Å². The van der Waals surface area contributed by atoms with Crippen molar-refractivity contribution in [2.24, 2.45) is 7.05 Å². The first-order valence-corrected chi connectivity index (χ1v) is 3.90. The number of carbonyl (C=O) groups is 1. The van der Waals surface area contributed by atoms with E-state index in [2.05, 4.69) is 4.98 Å². The molecule has 6 heteroatoms. The summed E-state index contributed by atoms with van der Waals surface area (Å²) in [5.74, 6) is -0.480. The summed E-state index contributed by atoms with van der Waals surface area (Å²) in [6, 6.07) is 0. The van der Waals surface area contributed by atoms with Gasteiger partial charge in [-0.05, 0) is 0 Å². The van der Waals surface area contributed by atoms with E-state index in [1.54, 1.807) is 7.05 Å². The van der Waals surface area contributed by atoms with Crippen LogP contribution in [0.5, 0.6) is 0 Å². The van der Waals surface area contributed by atoms with Crippen LogP contribution >= 0.6 is 11.6 Å². The number of fused-ring (bicyclic) bond motifs is 1. The molecule has 5 nitrogen and oxygen atoms in total. The van der Waals surface area contributed by atoms with Crippen LogP contribution < -0.4 is 0 Å². The van der Waals surface area contributed by atoms with Crippen LogP contribution in [0.2, 0.25) is 5.15 Å². The topological polar surface area (TPSA) is 59.5 Å². The lowest BCUT2D eigenvalue weighted by Crippen LogP contribution is -2.03. The molecule has 0 fully saturated rings. The number of aryl methyl sites for hydroxylation is 1. The van der Waals surface area contributed by atoms with Gasteiger partial charge in [0.1, 0.15) is 10.8 Å². The van der Waals surface area contributed by atoms with E-state index in [1.165, 1.54) is 21.4 Å². The average molecular weight is 200 g/mol. The van der Waals surface area contributed by atoms with Gasteiger partial charge in [-0.1, -0.05) is 11.6 Å². The lowest BCUT2D eigenvalue weighted by atomic mass is 10.5. The van der Waals surface area contributed by atoms with E-state index in [1.807, 2.05) is 0 Å². The summed E-state index contributed by atoms with van der Waals surface area (Å²) in [7, 11) is 1.63. The van der Waals surface area contributed by atoms with Crippen molar-refractivity contribution in [3.05, 3.63) is 23.2 Å². The first kappa shape index (κ1) is 8.12. The molecule has 2 heterocycles. The Labute approximate surface area is 78.2 Å². The van der Waals surface area contributed by atoms with Gasteiger partial charge in [-0.3, -0.25) is 4.40 Å². The van der Waals surface area contributed by atoms with Crippen molar-refractivity contribution in [3.63, 3.8) is 0 Å². The quantitative estimate of drug-likeness (QED) is 0.746. The summed E-state index contributed by atoms with van der Waals surface area (Å²) < 4.78 is 2.99. The number of nitrogens with zero attached hydrogens (tertiary/aromatic N) is 3. The van der Waals surface area contributed by atoms with Gasteiger partial charge in [0.05, 0.1) is 6.20 Å². The Morgan fingerprint density at radius 3 is 2.92 bits per heavy atom. The minimum Gasteiger partial charge on any atom is -0.477 e. The highest BCUT2D eigenvalue weighted by Crippen LogP contribution is 2.14. The van der Waals surface area contributed by atoms with Crippen LogP contribution in [-0.4, -0.2) is 25.0 Å². The molecular weight excluding hydrogens is 194 g/mol. The molecule has 0 aromatic carbocycles. The monoisotopic (exact) mass is 199 g/mol. The van der Waals surface area contributed by atoms with E-state index >= 15 is 0 Å². The van der Waals surface area contributed by atoms with Crippen LogP contribution in [0.4, 0.5) is 0 Å². The molecule has 0 aliphatic rings. The Morgan fingerprint density at radius 1 is 1.69 bits per heavy atom. The van der Waals surface area contributed by atoms with Gasteiger partial charge in [0.15, 0.2) is 0 Å². The van der Waals surface area contributed by atoms with Gasteiger partial charge in [-0.2, -0.15) is 0 Å². The molecule has 0 saturated heterocycles. The van der Waals surface area contributed by atoms with E-state index in [9.17, 15) is 4.79 Å². The third-order valence-electron chi connectivity index (χ3n) is 1.86. The Morgan fingerprint density at radius 2 is 2.38 bits per heavy atom. The predicted molar refractivity (Wildman–Crippen MR) is 46.1 cm³/mol. The summed E-state index contributed by atoms with van der Waals surface area (Å²) in [4.78, 5) is 14.6. The number of carboxylic acid groups (broad SMARTS) is 1. The molecule has 0 saturated carbocycles. The van der Waals surface area contributed by atoms with Crippen molar-refractivity contribution in [1.82, 2.24) is 14.0 Å². The van der Waals surface area contributed by atoms with Crippen LogP contribution in [0.25, 0.3) is 5.78 Å². The Hall–Kier alpha value is -1.49. The highest BCUT2D eigenvalue weighted by atomic mass is 35.5. The minimum atomic E-state index is -0.996. The molecule has 2 rings (SSSR count). The number of aromatic carboxylic acids is 1. The fourth-order valence-corrected chi connectivity index (χ4v) is 1.39. The molecular formula is C7H6ClN3O2. The van der Waals surface area contributed by atoms with Crippen LogP contribution in [0, 0.1) is 0 Å². The standard InChI is InChI=1S/C7H6ClN3O2/c1-10-4(6(12)13)3-11-5(8)2-9-7(10)11/h2-3H,1H3,(H,12,13). The lowest BCUT2D eigenvalue weighted by Gasteiger charge is -1.93. The maximum atomic E-state index is 10.7. The molecule has 2 aromatic heterocycles. The van der Waals surface area contributed by atoms with Crippen molar-refractivity contribution in [2.45, 2.75) is 0 Å². The number of rotatable bonds is 1. The zero-order valence-corrected chi connectivity index (χ0v) is 7.49. The molecule has 0 aliphatic carbocycles. The molecule has 0 bridgehead atoms. The molecule has 0 radical (unpaired) electrons. The normalized spacial score (nSPS) is 10.9. The van der Waals surface area contributed by atoms with Crippen LogP contribution in [0.1, 0.15) is 10.5 Å². The Balaban J connectivity index is 2.81. The highest BCUT2D eigenvalue weighted by Gasteiger charge is 2.14. The van der Waals surface area contributed by atoms with Gasteiger partial charge in [0.25, 0.3) is 0 Å². The fraction of sp³-hybridized carbons (Fsp3) is 0.143. The molecule has 2 aromatic rings. The summed E-state index contributed by atoms with van der Waals surface area (Å²) in [6.07, 6.45) is 2.91. The molecule has 1 N–H and O–H groups in total. The van der Waals surface area contributed by atoms with E-state index in [0.29, 0.717) is 10.9 Å². The van der Waals surface area contributed by atoms with Gasteiger partial charge in [0.2, 0.25) is 5.78 Å². The largest absolute Gasteiger partial charge is 0.477 e.